The van der Waals surface area contributed by atoms with Gasteiger partial charge >= 0.3 is 12.1 Å². The van der Waals surface area contributed by atoms with Crippen LogP contribution in [-0.2, 0) is 14.3 Å². The van der Waals surface area contributed by atoms with Gasteiger partial charge in [-0.15, -0.1) is 11.8 Å². The van der Waals surface area contributed by atoms with Gasteiger partial charge in [-0.3, -0.25) is 9.59 Å². The highest BCUT2D eigenvalue weighted by molar-refractivity contribution is 7.99. The Bertz CT molecular complexity index is 1080. The lowest BCUT2D eigenvalue weighted by Gasteiger charge is -2.40. The number of thioether (sulfide) groups is 1. The Hall–Kier alpha value is -3.00. The van der Waals surface area contributed by atoms with Crippen molar-refractivity contribution in [3.05, 3.63) is 59.7 Å². The standard InChI is InChI=1S/C27H30N2O5S/c30-25(31)15-35-10-9-28-26(32)17-11-16-13-24(22(16)12-17)29-27(33)34-14-23-20-7-3-1-5-18(20)19-6-2-4-8-21(19)23/h1-8,16-17,22-24H,9-15H2,(H,28,32)(H,29,33)(H,30,31)/t16-,17?,22-,24+/m1/s1. The molecule has 0 aromatic heterocycles. The number of alkyl carbamates (subject to hydrolysis) is 1. The number of carboxylic acid groups (broad SMARTS) is 1. The largest absolute Gasteiger partial charge is 0.481 e. The molecule has 5 rings (SSSR count). The summed E-state index contributed by atoms with van der Waals surface area (Å²) in [6.07, 6.45) is 2.11. The van der Waals surface area contributed by atoms with Gasteiger partial charge in [0.05, 0.1) is 5.75 Å². The number of nitrogens with one attached hydrogen (secondary N) is 2. The average molecular weight is 495 g/mol. The van der Waals surface area contributed by atoms with Crippen LogP contribution in [0.25, 0.3) is 11.1 Å². The monoisotopic (exact) mass is 494 g/mol. The number of carbonyl (C=O) groups is 3. The molecule has 0 heterocycles. The summed E-state index contributed by atoms with van der Waals surface area (Å²) >= 11 is 1.30. The first-order valence-corrected chi connectivity index (χ1v) is 13.4. The predicted octanol–water partition coefficient (Wildman–Crippen LogP) is 3.87. The fourth-order valence-corrected chi connectivity index (χ4v) is 6.51. The van der Waals surface area contributed by atoms with Crippen molar-refractivity contribution in [1.29, 1.82) is 0 Å². The van der Waals surface area contributed by atoms with Crippen LogP contribution in [0.1, 0.15) is 36.3 Å². The summed E-state index contributed by atoms with van der Waals surface area (Å²) in [5.74, 6) is 0.604. The van der Waals surface area contributed by atoms with Crippen molar-refractivity contribution < 1.29 is 24.2 Å². The number of amides is 2. The molecule has 2 amide bonds. The van der Waals surface area contributed by atoms with Gasteiger partial charge in [-0.2, -0.15) is 0 Å². The quantitative estimate of drug-likeness (QED) is 0.457. The van der Waals surface area contributed by atoms with E-state index >= 15 is 0 Å². The van der Waals surface area contributed by atoms with Crippen LogP contribution in [0.2, 0.25) is 0 Å². The fourth-order valence-electron chi connectivity index (χ4n) is 5.95. The molecule has 0 aliphatic heterocycles. The minimum Gasteiger partial charge on any atom is -0.481 e. The summed E-state index contributed by atoms with van der Waals surface area (Å²) in [6.45, 7) is 0.773. The zero-order chi connectivity index (χ0) is 24.4. The summed E-state index contributed by atoms with van der Waals surface area (Å²) < 4.78 is 5.69. The lowest BCUT2D eigenvalue weighted by atomic mass is 9.71. The van der Waals surface area contributed by atoms with Gasteiger partial charge in [0.15, 0.2) is 0 Å². The Morgan fingerprint density at radius 1 is 0.971 bits per heavy atom. The van der Waals surface area contributed by atoms with Gasteiger partial charge in [0.25, 0.3) is 0 Å². The van der Waals surface area contributed by atoms with Crippen LogP contribution >= 0.6 is 11.8 Å². The van der Waals surface area contributed by atoms with Gasteiger partial charge in [0.1, 0.15) is 6.61 Å². The van der Waals surface area contributed by atoms with Crippen LogP contribution in [0.3, 0.4) is 0 Å². The highest BCUT2D eigenvalue weighted by atomic mass is 32.2. The Morgan fingerprint density at radius 2 is 1.66 bits per heavy atom. The molecule has 0 bridgehead atoms. The van der Waals surface area contributed by atoms with E-state index in [9.17, 15) is 14.4 Å². The number of carboxylic acids is 1. The summed E-state index contributed by atoms with van der Waals surface area (Å²) in [5, 5.41) is 14.6. The highest BCUT2D eigenvalue weighted by Crippen LogP contribution is 2.50. The van der Waals surface area contributed by atoms with Crippen molar-refractivity contribution in [1.82, 2.24) is 10.6 Å². The molecule has 184 valence electrons. The number of rotatable bonds is 9. The van der Waals surface area contributed by atoms with Crippen LogP contribution in [0.15, 0.2) is 48.5 Å². The van der Waals surface area contributed by atoms with Gasteiger partial charge in [0, 0.05) is 30.2 Å². The normalized spacial score (nSPS) is 24.0. The lowest BCUT2D eigenvalue weighted by Crippen LogP contribution is -2.50. The van der Waals surface area contributed by atoms with Gasteiger partial charge in [-0.05, 0) is 53.4 Å². The third-order valence-corrected chi connectivity index (χ3v) is 8.56. The van der Waals surface area contributed by atoms with Gasteiger partial charge in [0.2, 0.25) is 5.91 Å². The van der Waals surface area contributed by atoms with Crippen LogP contribution in [0.4, 0.5) is 4.79 Å². The maximum absolute atomic E-state index is 12.6. The first-order valence-electron chi connectivity index (χ1n) is 12.2. The molecule has 0 spiro atoms. The highest BCUT2D eigenvalue weighted by Gasteiger charge is 2.50. The third kappa shape index (κ3) is 5.03. The summed E-state index contributed by atoms with van der Waals surface area (Å²) in [5.41, 5.74) is 4.79. The number of fused-ring (bicyclic) bond motifs is 4. The molecule has 2 fully saturated rings. The average Bonchev–Trinajstić information content (AvgIpc) is 3.36. The molecule has 4 atom stereocenters. The molecule has 2 saturated carbocycles. The van der Waals surface area contributed by atoms with Crippen molar-refractivity contribution in [2.45, 2.75) is 31.2 Å². The van der Waals surface area contributed by atoms with Crippen molar-refractivity contribution in [3.63, 3.8) is 0 Å². The van der Waals surface area contributed by atoms with Crippen LogP contribution in [0.5, 0.6) is 0 Å². The molecule has 1 unspecified atom stereocenters. The van der Waals surface area contributed by atoms with E-state index in [1.165, 1.54) is 34.0 Å². The second kappa shape index (κ2) is 10.3. The number of carbonyl (C=O) groups excluding carboxylic acids is 2. The smallest absolute Gasteiger partial charge is 0.407 e. The molecule has 0 radical (unpaired) electrons. The molecular formula is C27H30N2O5S. The number of benzene rings is 2. The van der Waals surface area contributed by atoms with E-state index in [1.807, 2.05) is 24.3 Å². The Labute approximate surface area is 209 Å². The van der Waals surface area contributed by atoms with Crippen LogP contribution in [0, 0.1) is 17.8 Å². The van der Waals surface area contributed by atoms with Gasteiger partial charge in [-0.25, -0.2) is 4.79 Å². The lowest BCUT2D eigenvalue weighted by molar-refractivity contribution is -0.134. The third-order valence-electron chi connectivity index (χ3n) is 7.61. The van der Waals surface area contributed by atoms with Crippen molar-refractivity contribution in [2.24, 2.45) is 17.8 Å². The second-order valence-corrected chi connectivity index (χ2v) is 10.7. The van der Waals surface area contributed by atoms with E-state index in [-0.39, 0.29) is 29.5 Å². The van der Waals surface area contributed by atoms with E-state index in [4.69, 9.17) is 9.84 Å². The van der Waals surface area contributed by atoms with Gasteiger partial charge < -0.3 is 20.5 Å². The molecule has 7 nitrogen and oxygen atoms in total. The number of aliphatic carboxylic acids is 1. The van der Waals surface area contributed by atoms with Crippen LogP contribution in [-0.4, -0.2) is 53.8 Å². The van der Waals surface area contributed by atoms with E-state index < -0.39 is 12.1 Å². The van der Waals surface area contributed by atoms with E-state index in [1.54, 1.807) is 0 Å². The van der Waals surface area contributed by atoms with Gasteiger partial charge in [-0.1, -0.05) is 48.5 Å². The molecule has 3 N–H and O–H groups in total. The fraction of sp³-hybridized carbons (Fsp3) is 0.444. The molecule has 2 aromatic carbocycles. The zero-order valence-corrected chi connectivity index (χ0v) is 20.3. The van der Waals surface area contributed by atoms with E-state index in [0.717, 1.165) is 19.3 Å². The van der Waals surface area contributed by atoms with Crippen molar-refractivity contribution in [3.8, 4) is 11.1 Å². The molecule has 3 aliphatic rings. The maximum Gasteiger partial charge on any atom is 0.407 e. The first-order chi connectivity index (χ1) is 17.0. The molecular weight excluding hydrogens is 464 g/mol. The molecule has 8 heteroatoms. The Kier molecular flexibility index (Phi) is 7.00. The van der Waals surface area contributed by atoms with Crippen molar-refractivity contribution >= 4 is 29.7 Å². The topological polar surface area (TPSA) is 105 Å². The van der Waals surface area contributed by atoms with Crippen molar-refractivity contribution in [2.75, 3.05) is 24.7 Å². The molecule has 3 aliphatic carbocycles. The number of ether oxygens (including phenoxy) is 1. The van der Waals surface area contributed by atoms with Crippen LogP contribution < -0.4 is 10.6 Å². The molecule has 35 heavy (non-hydrogen) atoms. The molecule has 2 aromatic rings. The Balaban J connectivity index is 1.07. The number of hydrogen-bond acceptors (Lipinski definition) is 5. The molecule has 0 saturated heterocycles. The van der Waals surface area contributed by atoms with E-state index in [0.29, 0.717) is 30.7 Å². The zero-order valence-electron chi connectivity index (χ0n) is 19.4. The first kappa shape index (κ1) is 23.7. The maximum atomic E-state index is 12.6. The summed E-state index contributed by atoms with van der Waals surface area (Å²) in [4.78, 5) is 35.7. The Morgan fingerprint density at radius 3 is 2.34 bits per heavy atom. The summed E-state index contributed by atoms with van der Waals surface area (Å²) in [6, 6.07) is 16.6. The minimum atomic E-state index is -0.844. The minimum absolute atomic E-state index is 0.0372. The number of hydrogen-bond donors (Lipinski definition) is 3. The predicted molar refractivity (Wildman–Crippen MR) is 134 cm³/mol. The van der Waals surface area contributed by atoms with E-state index in [2.05, 4.69) is 34.9 Å². The summed E-state index contributed by atoms with van der Waals surface area (Å²) in [7, 11) is 0. The second-order valence-electron chi connectivity index (χ2n) is 9.64. The SMILES string of the molecule is O=C(O)CSCCNC(=O)C1C[C@@H]2C[C@H](NC(=O)OCC3c4ccccc4-c4ccccc43)[C@@H]2C1.